The van der Waals surface area contributed by atoms with Crippen molar-refractivity contribution < 1.29 is 9.90 Å². The van der Waals surface area contributed by atoms with Crippen molar-refractivity contribution >= 4 is 5.97 Å². The molecule has 1 aromatic rings. The average molecular weight is 249 g/mol. The van der Waals surface area contributed by atoms with Crippen molar-refractivity contribution in [2.45, 2.75) is 39.8 Å². The van der Waals surface area contributed by atoms with Crippen LogP contribution in [0, 0.1) is 5.92 Å². The third kappa shape index (κ3) is 4.49. The van der Waals surface area contributed by atoms with E-state index in [0.717, 1.165) is 6.54 Å². The maximum Gasteiger partial charge on any atom is 0.307 e. The van der Waals surface area contributed by atoms with Crippen molar-refractivity contribution in [2.75, 3.05) is 6.54 Å². The van der Waals surface area contributed by atoms with Crippen LogP contribution in [0.15, 0.2) is 30.3 Å². The van der Waals surface area contributed by atoms with E-state index in [1.54, 1.807) is 6.92 Å². The van der Waals surface area contributed by atoms with E-state index >= 15 is 0 Å². The summed E-state index contributed by atoms with van der Waals surface area (Å²) in [6, 6.07) is 10.2. The summed E-state index contributed by atoms with van der Waals surface area (Å²) in [5.41, 5.74) is 1.17. The highest BCUT2D eigenvalue weighted by atomic mass is 16.4. The zero-order chi connectivity index (χ0) is 13.8. The lowest BCUT2D eigenvalue weighted by Gasteiger charge is -2.36. The van der Waals surface area contributed by atoms with Crippen LogP contribution in [0.3, 0.4) is 0 Å². The molecule has 0 aromatic heterocycles. The minimum Gasteiger partial charge on any atom is -0.481 e. The topological polar surface area (TPSA) is 40.5 Å². The van der Waals surface area contributed by atoms with Crippen LogP contribution in [-0.2, 0) is 11.3 Å². The van der Waals surface area contributed by atoms with Gasteiger partial charge in [-0.3, -0.25) is 9.69 Å². The number of rotatable bonds is 5. The Morgan fingerprint density at radius 1 is 1.28 bits per heavy atom. The molecule has 0 aliphatic rings. The average Bonchev–Trinajstić information content (AvgIpc) is 2.28. The van der Waals surface area contributed by atoms with Gasteiger partial charge in [0.05, 0.1) is 5.92 Å². The smallest absolute Gasteiger partial charge is 0.307 e. The van der Waals surface area contributed by atoms with Crippen LogP contribution in [-0.4, -0.2) is 28.1 Å². The van der Waals surface area contributed by atoms with Crippen molar-refractivity contribution in [3.05, 3.63) is 35.9 Å². The molecule has 3 nitrogen and oxygen atoms in total. The van der Waals surface area contributed by atoms with Gasteiger partial charge in [-0.05, 0) is 26.3 Å². The number of carboxylic acids is 1. The fraction of sp³-hybridized carbons (Fsp3) is 0.533. The molecular formula is C15H23NO2. The molecule has 0 aliphatic heterocycles. The maximum atomic E-state index is 11.0. The van der Waals surface area contributed by atoms with Crippen molar-refractivity contribution in [1.29, 1.82) is 0 Å². The predicted octanol–water partition coefficient (Wildman–Crippen LogP) is 3.01. The Balaban J connectivity index is 2.77. The van der Waals surface area contributed by atoms with Crippen molar-refractivity contribution in [1.82, 2.24) is 4.90 Å². The van der Waals surface area contributed by atoms with Crippen LogP contribution in [0.5, 0.6) is 0 Å². The number of nitrogens with zero attached hydrogens (tertiary/aromatic N) is 1. The standard InChI is InChI=1S/C15H23NO2/c1-12(14(17)18)10-16(15(2,3)4)11-13-8-6-5-7-9-13/h5-9,12H,10-11H2,1-4H3,(H,17,18). The van der Waals surface area contributed by atoms with Crippen LogP contribution in [0.25, 0.3) is 0 Å². The summed E-state index contributed by atoms with van der Waals surface area (Å²) in [6.07, 6.45) is 0. The lowest BCUT2D eigenvalue weighted by molar-refractivity contribution is -0.142. The van der Waals surface area contributed by atoms with Crippen molar-refractivity contribution in [3.8, 4) is 0 Å². The molecule has 0 spiro atoms. The van der Waals surface area contributed by atoms with Gasteiger partial charge in [0.2, 0.25) is 0 Å². The molecule has 0 bridgehead atoms. The molecule has 0 saturated carbocycles. The van der Waals surface area contributed by atoms with E-state index in [1.165, 1.54) is 5.56 Å². The van der Waals surface area contributed by atoms with E-state index in [-0.39, 0.29) is 11.5 Å². The first kappa shape index (κ1) is 14.7. The molecule has 18 heavy (non-hydrogen) atoms. The third-order valence-corrected chi connectivity index (χ3v) is 3.08. The fourth-order valence-corrected chi connectivity index (χ4v) is 1.79. The van der Waals surface area contributed by atoms with E-state index in [9.17, 15) is 4.79 Å². The molecule has 0 fully saturated rings. The Morgan fingerprint density at radius 2 is 1.83 bits per heavy atom. The van der Waals surface area contributed by atoms with Crippen LogP contribution < -0.4 is 0 Å². The van der Waals surface area contributed by atoms with Gasteiger partial charge < -0.3 is 5.11 Å². The molecular weight excluding hydrogens is 226 g/mol. The lowest BCUT2D eigenvalue weighted by atomic mass is 10.0. The summed E-state index contributed by atoms with van der Waals surface area (Å²) in [6.45, 7) is 9.45. The minimum atomic E-state index is -0.739. The molecule has 1 aromatic carbocycles. The van der Waals surface area contributed by atoms with Crippen molar-refractivity contribution in [2.24, 2.45) is 5.92 Å². The van der Waals surface area contributed by atoms with E-state index in [1.807, 2.05) is 18.2 Å². The first-order valence-electron chi connectivity index (χ1n) is 6.32. The molecule has 1 rings (SSSR count). The second-order valence-electron chi connectivity index (χ2n) is 5.78. The summed E-state index contributed by atoms with van der Waals surface area (Å²) in [5.74, 6) is -1.09. The van der Waals surface area contributed by atoms with E-state index < -0.39 is 5.97 Å². The number of benzene rings is 1. The summed E-state index contributed by atoms with van der Waals surface area (Å²) in [4.78, 5) is 13.2. The number of carbonyl (C=O) groups is 1. The third-order valence-electron chi connectivity index (χ3n) is 3.08. The highest BCUT2D eigenvalue weighted by Gasteiger charge is 2.25. The Morgan fingerprint density at radius 3 is 2.28 bits per heavy atom. The molecule has 0 saturated heterocycles. The lowest BCUT2D eigenvalue weighted by Crippen LogP contribution is -2.44. The summed E-state index contributed by atoms with van der Waals surface area (Å²) in [5, 5.41) is 9.04. The highest BCUT2D eigenvalue weighted by molar-refractivity contribution is 5.69. The molecule has 0 amide bonds. The number of carboxylic acid groups (broad SMARTS) is 1. The van der Waals surface area contributed by atoms with E-state index in [0.29, 0.717) is 6.54 Å². The summed E-state index contributed by atoms with van der Waals surface area (Å²) < 4.78 is 0. The first-order chi connectivity index (χ1) is 8.30. The van der Waals surface area contributed by atoms with E-state index in [2.05, 4.69) is 37.8 Å². The minimum absolute atomic E-state index is 0.0421. The van der Waals surface area contributed by atoms with Gasteiger partial charge in [0, 0.05) is 18.6 Å². The molecule has 1 N–H and O–H groups in total. The van der Waals surface area contributed by atoms with Gasteiger partial charge in [-0.2, -0.15) is 0 Å². The Labute approximate surface area is 109 Å². The predicted molar refractivity (Wildman–Crippen MR) is 73.4 cm³/mol. The van der Waals surface area contributed by atoms with Gasteiger partial charge in [-0.15, -0.1) is 0 Å². The molecule has 0 radical (unpaired) electrons. The van der Waals surface area contributed by atoms with E-state index in [4.69, 9.17) is 5.11 Å². The Kier molecular flexibility index (Phi) is 4.91. The molecule has 1 unspecified atom stereocenters. The van der Waals surface area contributed by atoms with Gasteiger partial charge in [-0.1, -0.05) is 37.3 Å². The quantitative estimate of drug-likeness (QED) is 0.872. The zero-order valence-electron chi connectivity index (χ0n) is 11.7. The Hall–Kier alpha value is -1.35. The highest BCUT2D eigenvalue weighted by Crippen LogP contribution is 2.19. The first-order valence-corrected chi connectivity index (χ1v) is 6.32. The van der Waals surface area contributed by atoms with Gasteiger partial charge in [0.1, 0.15) is 0 Å². The molecule has 1 atom stereocenters. The second kappa shape index (κ2) is 6.01. The maximum absolute atomic E-state index is 11.0. The Bertz CT molecular complexity index is 381. The molecule has 3 heteroatoms. The van der Waals surface area contributed by atoms with Gasteiger partial charge in [0.25, 0.3) is 0 Å². The summed E-state index contributed by atoms with van der Waals surface area (Å²) >= 11 is 0. The molecule has 100 valence electrons. The van der Waals surface area contributed by atoms with Crippen LogP contribution in [0.2, 0.25) is 0 Å². The zero-order valence-corrected chi connectivity index (χ0v) is 11.7. The van der Waals surface area contributed by atoms with Gasteiger partial charge in [0.15, 0.2) is 0 Å². The second-order valence-corrected chi connectivity index (χ2v) is 5.78. The largest absolute Gasteiger partial charge is 0.481 e. The monoisotopic (exact) mass is 249 g/mol. The summed E-state index contributed by atoms with van der Waals surface area (Å²) in [7, 11) is 0. The van der Waals surface area contributed by atoms with Crippen molar-refractivity contribution in [3.63, 3.8) is 0 Å². The van der Waals surface area contributed by atoms with Crippen LogP contribution >= 0.6 is 0 Å². The number of aliphatic carboxylic acids is 1. The molecule has 0 aliphatic carbocycles. The van der Waals surface area contributed by atoms with Gasteiger partial charge >= 0.3 is 5.97 Å². The van der Waals surface area contributed by atoms with Gasteiger partial charge in [-0.25, -0.2) is 0 Å². The molecule has 0 heterocycles. The number of hydrogen-bond acceptors (Lipinski definition) is 2. The fourth-order valence-electron chi connectivity index (χ4n) is 1.79. The van der Waals surface area contributed by atoms with Crippen LogP contribution in [0.1, 0.15) is 33.3 Å². The SMILES string of the molecule is CC(CN(Cc1ccccc1)C(C)(C)C)C(=O)O. The normalized spacial score (nSPS) is 13.6. The number of hydrogen-bond donors (Lipinski definition) is 1. The van der Waals surface area contributed by atoms with Crippen LogP contribution in [0.4, 0.5) is 0 Å².